The van der Waals surface area contributed by atoms with Gasteiger partial charge < -0.3 is 11.1 Å². The molecule has 0 unspecified atom stereocenters. The van der Waals surface area contributed by atoms with Crippen molar-refractivity contribution in [2.24, 2.45) is 5.73 Å². The van der Waals surface area contributed by atoms with Gasteiger partial charge in [0.2, 0.25) is 5.91 Å². The van der Waals surface area contributed by atoms with Crippen LogP contribution >= 0.6 is 23.7 Å². The van der Waals surface area contributed by atoms with Gasteiger partial charge in [-0.2, -0.15) is 0 Å². The lowest BCUT2D eigenvalue weighted by Crippen LogP contribution is -2.28. The summed E-state index contributed by atoms with van der Waals surface area (Å²) in [7, 11) is 0. The van der Waals surface area contributed by atoms with Crippen LogP contribution in [0.5, 0.6) is 0 Å². The van der Waals surface area contributed by atoms with Gasteiger partial charge in [-0.25, -0.2) is 0 Å². The molecule has 1 rings (SSSR count). The minimum absolute atomic E-state index is 0. The van der Waals surface area contributed by atoms with Crippen molar-refractivity contribution in [2.75, 3.05) is 13.1 Å². The average Bonchev–Trinajstić information content (AvgIpc) is 2.67. The highest BCUT2D eigenvalue weighted by Crippen LogP contribution is 2.11. The number of carbonyl (C=O) groups excluding carboxylic acids is 1. The maximum atomic E-state index is 11.2. The highest BCUT2D eigenvalue weighted by atomic mass is 35.5. The molecule has 0 aliphatic carbocycles. The molecule has 0 atom stereocenters. The van der Waals surface area contributed by atoms with Crippen molar-refractivity contribution >= 4 is 29.7 Å². The monoisotopic (exact) mass is 248 g/mol. The number of halogens is 1. The van der Waals surface area contributed by atoms with Crippen LogP contribution in [0.15, 0.2) is 17.5 Å². The van der Waals surface area contributed by atoms with E-state index >= 15 is 0 Å². The lowest BCUT2D eigenvalue weighted by molar-refractivity contribution is -0.121. The molecule has 0 saturated carbocycles. The standard InChI is InChI=1S/C10H16N2OS.ClH/c11-6-7-12-10(13)5-1-3-9-4-2-8-14-9;/h2,4,8H,1,3,5-7,11H2,(H,12,13);1H. The van der Waals surface area contributed by atoms with E-state index in [0.717, 1.165) is 12.8 Å². The summed E-state index contributed by atoms with van der Waals surface area (Å²) in [6.07, 6.45) is 2.50. The van der Waals surface area contributed by atoms with Crippen molar-refractivity contribution in [3.05, 3.63) is 22.4 Å². The maximum absolute atomic E-state index is 11.2. The van der Waals surface area contributed by atoms with Gasteiger partial charge in [0.05, 0.1) is 0 Å². The Kier molecular flexibility index (Phi) is 8.37. The summed E-state index contributed by atoms with van der Waals surface area (Å²) < 4.78 is 0. The Bertz CT molecular complexity index is 264. The minimum Gasteiger partial charge on any atom is -0.355 e. The van der Waals surface area contributed by atoms with Crippen molar-refractivity contribution in [1.29, 1.82) is 0 Å². The summed E-state index contributed by atoms with van der Waals surface area (Å²) in [6.45, 7) is 1.09. The third-order valence-electron chi connectivity index (χ3n) is 1.87. The smallest absolute Gasteiger partial charge is 0.220 e. The fourth-order valence-electron chi connectivity index (χ4n) is 1.18. The normalized spacial score (nSPS) is 9.40. The van der Waals surface area contributed by atoms with Gasteiger partial charge in [0.25, 0.3) is 0 Å². The van der Waals surface area contributed by atoms with Gasteiger partial charge in [-0.1, -0.05) is 6.07 Å². The molecular weight excluding hydrogens is 232 g/mol. The Morgan fingerprint density at radius 2 is 2.33 bits per heavy atom. The minimum atomic E-state index is 0. The second kappa shape index (κ2) is 8.71. The molecular formula is C10H17ClN2OS. The third kappa shape index (κ3) is 6.49. The van der Waals surface area contributed by atoms with Crippen LogP contribution in [0.4, 0.5) is 0 Å². The number of nitrogens with one attached hydrogen (secondary N) is 1. The Morgan fingerprint density at radius 3 is 2.93 bits per heavy atom. The molecule has 5 heteroatoms. The Morgan fingerprint density at radius 1 is 1.53 bits per heavy atom. The van der Waals surface area contributed by atoms with E-state index in [1.165, 1.54) is 4.88 Å². The molecule has 3 nitrogen and oxygen atoms in total. The summed E-state index contributed by atoms with van der Waals surface area (Å²) in [5.74, 6) is 0.104. The summed E-state index contributed by atoms with van der Waals surface area (Å²) in [4.78, 5) is 12.5. The van der Waals surface area contributed by atoms with Crippen LogP contribution in [0.25, 0.3) is 0 Å². The van der Waals surface area contributed by atoms with E-state index < -0.39 is 0 Å². The van der Waals surface area contributed by atoms with Crippen molar-refractivity contribution in [3.63, 3.8) is 0 Å². The first kappa shape index (κ1) is 14.4. The summed E-state index contributed by atoms with van der Waals surface area (Å²) in [5, 5.41) is 4.81. The van der Waals surface area contributed by atoms with Crippen LogP contribution in [-0.4, -0.2) is 19.0 Å². The molecule has 3 N–H and O–H groups in total. The number of aryl methyl sites for hydroxylation is 1. The Hall–Kier alpha value is -0.580. The van der Waals surface area contributed by atoms with Gasteiger partial charge in [-0.15, -0.1) is 23.7 Å². The second-order valence-electron chi connectivity index (χ2n) is 3.07. The number of amides is 1. The molecule has 15 heavy (non-hydrogen) atoms. The molecule has 0 aliphatic rings. The first-order valence-corrected chi connectivity index (χ1v) is 5.70. The van der Waals surface area contributed by atoms with E-state index in [2.05, 4.69) is 16.8 Å². The first-order chi connectivity index (χ1) is 6.83. The Balaban J connectivity index is 0.00000196. The number of hydrogen-bond acceptors (Lipinski definition) is 3. The van der Waals surface area contributed by atoms with E-state index in [1.54, 1.807) is 11.3 Å². The van der Waals surface area contributed by atoms with Gasteiger partial charge >= 0.3 is 0 Å². The summed E-state index contributed by atoms with van der Waals surface area (Å²) >= 11 is 1.74. The molecule has 0 fully saturated rings. The highest BCUT2D eigenvalue weighted by molar-refractivity contribution is 7.09. The van der Waals surface area contributed by atoms with Crippen molar-refractivity contribution in [2.45, 2.75) is 19.3 Å². The third-order valence-corrected chi connectivity index (χ3v) is 2.81. The SMILES string of the molecule is Cl.NCCNC(=O)CCCc1cccs1. The molecule has 1 amide bonds. The van der Waals surface area contributed by atoms with Crippen LogP contribution in [0.2, 0.25) is 0 Å². The lowest BCUT2D eigenvalue weighted by atomic mass is 10.2. The van der Waals surface area contributed by atoms with Gasteiger partial charge in [-0.05, 0) is 24.3 Å². The molecule has 1 aromatic rings. The number of hydrogen-bond donors (Lipinski definition) is 2. The molecule has 0 spiro atoms. The number of thiophene rings is 1. The van der Waals surface area contributed by atoms with Crippen molar-refractivity contribution in [3.8, 4) is 0 Å². The van der Waals surface area contributed by atoms with E-state index in [1.807, 2.05) is 6.07 Å². The Labute approximate surface area is 100 Å². The topological polar surface area (TPSA) is 55.1 Å². The molecule has 0 radical (unpaired) electrons. The van der Waals surface area contributed by atoms with Crippen LogP contribution in [0.3, 0.4) is 0 Å². The van der Waals surface area contributed by atoms with Crippen molar-refractivity contribution < 1.29 is 4.79 Å². The molecule has 86 valence electrons. The molecule has 0 aliphatic heterocycles. The largest absolute Gasteiger partial charge is 0.355 e. The van der Waals surface area contributed by atoms with Crippen LogP contribution in [0.1, 0.15) is 17.7 Å². The van der Waals surface area contributed by atoms with Crippen molar-refractivity contribution in [1.82, 2.24) is 5.32 Å². The summed E-state index contributed by atoms with van der Waals surface area (Å²) in [5.41, 5.74) is 5.27. The fraction of sp³-hybridized carbons (Fsp3) is 0.500. The predicted molar refractivity (Wildman–Crippen MR) is 66.6 cm³/mol. The quantitative estimate of drug-likeness (QED) is 0.803. The maximum Gasteiger partial charge on any atom is 0.220 e. The van der Waals surface area contributed by atoms with Gasteiger partial charge in [0, 0.05) is 24.4 Å². The van der Waals surface area contributed by atoms with Gasteiger partial charge in [-0.3, -0.25) is 4.79 Å². The second-order valence-corrected chi connectivity index (χ2v) is 4.10. The van der Waals surface area contributed by atoms with E-state index in [4.69, 9.17) is 5.73 Å². The van der Waals surface area contributed by atoms with Crippen LogP contribution in [0, 0.1) is 0 Å². The lowest BCUT2D eigenvalue weighted by Gasteiger charge is -2.02. The number of nitrogens with two attached hydrogens (primary N) is 1. The van der Waals surface area contributed by atoms with E-state index in [-0.39, 0.29) is 18.3 Å². The number of rotatable bonds is 6. The zero-order chi connectivity index (χ0) is 10.2. The average molecular weight is 249 g/mol. The van der Waals surface area contributed by atoms with Crippen LogP contribution in [-0.2, 0) is 11.2 Å². The van der Waals surface area contributed by atoms with E-state index in [0.29, 0.717) is 19.5 Å². The molecule has 1 aromatic heterocycles. The summed E-state index contributed by atoms with van der Waals surface area (Å²) in [6, 6.07) is 4.14. The zero-order valence-corrected chi connectivity index (χ0v) is 10.2. The molecule has 0 saturated heterocycles. The van der Waals surface area contributed by atoms with Gasteiger partial charge in [0.15, 0.2) is 0 Å². The highest BCUT2D eigenvalue weighted by Gasteiger charge is 2.00. The molecule has 0 aromatic carbocycles. The number of carbonyl (C=O) groups is 1. The molecule has 1 heterocycles. The van der Waals surface area contributed by atoms with Crippen LogP contribution < -0.4 is 11.1 Å². The van der Waals surface area contributed by atoms with E-state index in [9.17, 15) is 4.79 Å². The first-order valence-electron chi connectivity index (χ1n) is 4.82. The fourth-order valence-corrected chi connectivity index (χ4v) is 1.93. The van der Waals surface area contributed by atoms with Gasteiger partial charge in [0.1, 0.15) is 0 Å². The zero-order valence-electron chi connectivity index (χ0n) is 8.57. The predicted octanol–water partition coefficient (Wildman–Crippen LogP) is 1.57. The molecule has 0 bridgehead atoms.